The molecule has 0 aromatic carbocycles. The minimum atomic E-state index is -3.13. The van der Waals surface area contributed by atoms with E-state index in [1.165, 1.54) is 6.20 Å². The molecule has 2 fully saturated rings. The van der Waals surface area contributed by atoms with Crippen molar-refractivity contribution in [1.29, 1.82) is 0 Å². The molecule has 110 valence electrons. The summed E-state index contributed by atoms with van der Waals surface area (Å²) in [6.07, 6.45) is -1.57. The molecule has 0 amide bonds. The highest BCUT2D eigenvalue weighted by Crippen LogP contribution is 2.37. The topological polar surface area (TPSA) is 43.8 Å². The molecule has 0 aliphatic carbocycles. The second-order valence-corrected chi connectivity index (χ2v) is 6.66. The summed E-state index contributed by atoms with van der Waals surface area (Å²) >= 11 is 0.944. The zero-order valence-electron chi connectivity index (χ0n) is 19.7. The fourth-order valence-electron chi connectivity index (χ4n) is 1.79. The van der Waals surface area contributed by atoms with Crippen LogP contribution in [0.3, 0.4) is 0 Å². The quantitative estimate of drug-likeness (QED) is 0.787. The van der Waals surface area contributed by atoms with Gasteiger partial charge in [0.2, 0.25) is 0 Å². The van der Waals surface area contributed by atoms with Gasteiger partial charge in [-0.15, -0.1) is 11.3 Å². The molecule has 0 saturated carbocycles. The molecule has 2 aliphatic heterocycles. The molecule has 0 spiro atoms. The molecule has 0 bridgehead atoms. The second-order valence-electron chi connectivity index (χ2n) is 5.62. The van der Waals surface area contributed by atoms with E-state index in [1.807, 2.05) is 27.7 Å². The number of anilines is 1. The van der Waals surface area contributed by atoms with E-state index in [1.54, 1.807) is 0 Å². The van der Waals surface area contributed by atoms with Crippen LogP contribution < -0.4 is 9.68 Å². The van der Waals surface area contributed by atoms with E-state index in [-0.39, 0.29) is 5.13 Å². The number of methoxy groups -OCH3 is 1. The second kappa shape index (κ2) is 4.69. The molecule has 3 rings (SSSR count). The lowest BCUT2D eigenvalue weighted by Gasteiger charge is -2.37. The Labute approximate surface area is 135 Å². The first-order valence-corrected chi connectivity index (χ1v) is 6.99. The molecule has 0 N–H and O–H groups in total. The Kier molecular flexibility index (Phi) is 1.78. The molecule has 1 aromatic rings. The number of hydrogen-bond acceptors (Lipinski definition) is 6. The van der Waals surface area contributed by atoms with Crippen molar-refractivity contribution >= 4 is 28.4 Å². The van der Waals surface area contributed by atoms with Crippen molar-refractivity contribution in [2.24, 2.45) is 0 Å². The highest BCUT2D eigenvalue weighted by atomic mass is 32.1. The van der Waals surface area contributed by atoms with Crippen molar-refractivity contribution in [3.8, 4) is 0 Å². The first-order valence-electron chi connectivity index (χ1n) is 10.2. The molecule has 1 aromatic heterocycles. The van der Waals surface area contributed by atoms with Gasteiger partial charge in [-0.3, -0.25) is 0 Å². The van der Waals surface area contributed by atoms with Gasteiger partial charge in [-0.05, 0) is 27.7 Å². The van der Waals surface area contributed by atoms with E-state index in [0.717, 1.165) is 11.3 Å². The minimum absolute atomic E-state index is 0.0725. The van der Waals surface area contributed by atoms with Crippen LogP contribution in [0.25, 0.3) is 0 Å². The number of hydrogen-bond donors (Lipinski definition) is 0. The fraction of sp³-hybridized carbons (Fsp3) is 0.769. The van der Waals surface area contributed by atoms with Crippen LogP contribution in [-0.4, -0.2) is 49.4 Å². The third kappa shape index (κ3) is 2.26. The zero-order valence-corrected chi connectivity index (χ0v) is 12.5. The van der Waals surface area contributed by atoms with Crippen LogP contribution in [0.5, 0.6) is 0 Å². The normalized spacial score (nSPS) is 38.2. The summed E-state index contributed by atoms with van der Waals surface area (Å²) in [5.41, 5.74) is -1.18. The van der Waals surface area contributed by atoms with Crippen molar-refractivity contribution in [2.75, 3.05) is 24.9 Å². The van der Waals surface area contributed by atoms with Crippen LogP contribution in [0, 0.1) is 0 Å². The predicted molar refractivity (Wildman–Crippen MR) is 80.8 cm³/mol. The maximum atomic E-state index is 8.09. The van der Waals surface area contributed by atoms with Crippen LogP contribution in [0.15, 0.2) is 6.20 Å². The molecule has 0 atom stereocenters. The fourth-order valence-corrected chi connectivity index (χ4v) is 2.59. The summed E-state index contributed by atoms with van der Waals surface area (Å²) in [6, 6.07) is 0. The molecule has 7 heteroatoms. The largest absolute Gasteiger partial charge is 0.507 e. The van der Waals surface area contributed by atoms with Gasteiger partial charge < -0.3 is 18.9 Å². The molecule has 2 aliphatic rings. The van der Waals surface area contributed by atoms with Crippen LogP contribution in [0.4, 0.5) is 5.13 Å². The van der Waals surface area contributed by atoms with Crippen molar-refractivity contribution in [3.05, 3.63) is 6.20 Å². The van der Waals surface area contributed by atoms with Crippen molar-refractivity contribution in [3.63, 3.8) is 0 Å². The maximum Gasteiger partial charge on any atom is 0.507 e. The SMILES string of the molecule is [2H]C([2H])([2H])OC1([2H])C([2H])([2H])N(c2ncc(B3OC(C)(C)C(C)(C)O3)s2)C1([2H])[2H]. The third-order valence-electron chi connectivity index (χ3n) is 3.72. The molecule has 3 heterocycles. The molecular formula is C13H21BN2O3S. The van der Waals surface area contributed by atoms with Crippen molar-refractivity contribution in [2.45, 2.75) is 45.0 Å². The average Bonchev–Trinajstić information content (AvgIpc) is 2.99. The van der Waals surface area contributed by atoms with Crippen LogP contribution >= 0.6 is 11.3 Å². The van der Waals surface area contributed by atoms with E-state index in [9.17, 15) is 0 Å². The lowest BCUT2D eigenvalue weighted by Crippen LogP contribution is -2.51. The minimum Gasteiger partial charge on any atom is -0.399 e. The Morgan fingerprint density at radius 3 is 2.75 bits per heavy atom. The number of thiazole rings is 1. The number of ether oxygens (including phenoxy) is 1. The summed E-state index contributed by atoms with van der Waals surface area (Å²) < 4.78 is 78.6. The molecule has 0 radical (unpaired) electrons. The highest BCUT2D eigenvalue weighted by Gasteiger charge is 2.52. The predicted octanol–water partition coefficient (Wildman–Crippen LogP) is 1.28. The van der Waals surface area contributed by atoms with E-state index in [0.29, 0.717) is 9.68 Å². The molecular weight excluding hydrogens is 275 g/mol. The molecule has 2 saturated heterocycles. The van der Waals surface area contributed by atoms with E-state index >= 15 is 0 Å². The van der Waals surface area contributed by atoms with Gasteiger partial charge in [-0.2, -0.15) is 0 Å². The first-order chi connectivity index (χ1) is 12.4. The third-order valence-corrected chi connectivity index (χ3v) is 4.72. The Morgan fingerprint density at radius 1 is 1.50 bits per heavy atom. The van der Waals surface area contributed by atoms with Crippen molar-refractivity contribution < 1.29 is 25.0 Å². The standard InChI is InChI=1S/C13H21BN2O3S/c1-12(2)13(3,4)19-14(18-12)10-6-15-11(20-10)16-7-9(8-16)17-5/h6,9H,7-8H2,1-5H3/i5D3,7D2,8D2,9D. The van der Waals surface area contributed by atoms with Gasteiger partial charge >= 0.3 is 7.12 Å². The van der Waals surface area contributed by atoms with E-state index in [2.05, 4.69) is 9.72 Å². The van der Waals surface area contributed by atoms with Gasteiger partial charge in [0.1, 0.15) is 0 Å². The number of rotatable bonds is 3. The van der Waals surface area contributed by atoms with Crippen molar-refractivity contribution in [1.82, 2.24) is 4.98 Å². The maximum absolute atomic E-state index is 8.09. The van der Waals surface area contributed by atoms with Gasteiger partial charge in [-0.1, -0.05) is 0 Å². The Morgan fingerprint density at radius 2 is 2.15 bits per heavy atom. The smallest absolute Gasteiger partial charge is 0.399 e. The summed E-state index contributed by atoms with van der Waals surface area (Å²) in [5.74, 6) is 0. The molecule has 20 heavy (non-hydrogen) atoms. The van der Waals surface area contributed by atoms with E-state index in [4.69, 9.17) is 20.3 Å². The Balaban J connectivity index is 1.88. The van der Waals surface area contributed by atoms with Crippen LogP contribution in [0.1, 0.15) is 38.7 Å². The lowest BCUT2D eigenvalue weighted by molar-refractivity contribution is 0.00578. The summed E-state index contributed by atoms with van der Waals surface area (Å²) in [6.45, 7) is 1.97. The Bertz CT molecular complexity index is 752. The lowest BCUT2D eigenvalue weighted by atomic mass is 9.89. The van der Waals surface area contributed by atoms with Gasteiger partial charge in [-0.25, -0.2) is 4.98 Å². The Hall–Kier alpha value is -0.625. The molecule has 0 unspecified atom stereocenters. The number of aromatic nitrogens is 1. The summed E-state index contributed by atoms with van der Waals surface area (Å²) in [4.78, 5) is 4.67. The van der Waals surface area contributed by atoms with Gasteiger partial charge in [0.05, 0.1) is 33.0 Å². The number of nitrogens with zero attached hydrogens (tertiary/aromatic N) is 2. The van der Waals surface area contributed by atoms with Gasteiger partial charge in [0.15, 0.2) is 5.13 Å². The first kappa shape index (κ1) is 7.58. The van der Waals surface area contributed by atoms with E-state index < -0.39 is 44.4 Å². The average molecular weight is 304 g/mol. The monoisotopic (exact) mass is 304 g/mol. The van der Waals surface area contributed by atoms with Gasteiger partial charge in [0.25, 0.3) is 0 Å². The zero-order chi connectivity index (χ0) is 21.6. The highest BCUT2D eigenvalue weighted by molar-refractivity contribution is 7.25. The van der Waals surface area contributed by atoms with Crippen LogP contribution in [0.2, 0.25) is 0 Å². The summed E-state index contributed by atoms with van der Waals surface area (Å²) in [7, 11) is -3.89. The van der Waals surface area contributed by atoms with Crippen LogP contribution in [-0.2, 0) is 14.0 Å². The molecule has 5 nitrogen and oxygen atoms in total. The van der Waals surface area contributed by atoms with Gasteiger partial charge in [0, 0.05) is 26.2 Å². The summed E-state index contributed by atoms with van der Waals surface area (Å²) in [5, 5.41) is -0.0725.